The number of ether oxygens (including phenoxy) is 1. The average Bonchev–Trinajstić information content (AvgIpc) is 2.69. The lowest BCUT2D eigenvalue weighted by Crippen LogP contribution is -2.39. The summed E-state index contributed by atoms with van der Waals surface area (Å²) in [6, 6.07) is 14.2. The van der Waals surface area contributed by atoms with Gasteiger partial charge in [-0.1, -0.05) is 28.1 Å². The van der Waals surface area contributed by atoms with Crippen molar-refractivity contribution in [1.29, 1.82) is 0 Å². The van der Waals surface area contributed by atoms with E-state index < -0.39 is 0 Å². The van der Waals surface area contributed by atoms with Crippen LogP contribution in [-0.2, 0) is 4.74 Å². The van der Waals surface area contributed by atoms with Gasteiger partial charge in [-0.2, -0.15) is 0 Å². The Morgan fingerprint density at radius 3 is 2.62 bits per heavy atom. The number of hydrogen-bond donors (Lipinski definition) is 0. The normalized spacial score (nSPS) is 17.3. The molecule has 0 amide bonds. The number of morpholine rings is 1. The lowest BCUT2D eigenvalue weighted by atomic mass is 10.1. The second-order valence-corrected chi connectivity index (χ2v) is 7.20. The summed E-state index contributed by atoms with van der Waals surface area (Å²) in [5.41, 5.74) is 3.11. The number of anilines is 1. The zero-order chi connectivity index (χ0) is 17.9. The Labute approximate surface area is 161 Å². The number of pyridine rings is 1. The first-order chi connectivity index (χ1) is 12.7. The molecule has 0 saturated carbocycles. The summed E-state index contributed by atoms with van der Waals surface area (Å²) in [6.45, 7) is 4.27. The van der Waals surface area contributed by atoms with Crippen LogP contribution in [0, 0.1) is 6.92 Å². The molecular weight excluding hydrogens is 392 g/mol. The van der Waals surface area contributed by atoms with Gasteiger partial charge >= 0.3 is 0 Å². The van der Waals surface area contributed by atoms with E-state index in [9.17, 15) is 0 Å². The van der Waals surface area contributed by atoms with Crippen molar-refractivity contribution in [3.8, 4) is 11.4 Å². The first-order valence-electron chi connectivity index (χ1n) is 8.57. The van der Waals surface area contributed by atoms with Crippen molar-refractivity contribution in [2.24, 2.45) is 0 Å². The van der Waals surface area contributed by atoms with Crippen molar-refractivity contribution in [2.75, 3.05) is 24.6 Å². The Morgan fingerprint density at radius 1 is 1.08 bits per heavy atom. The lowest BCUT2D eigenvalue weighted by molar-refractivity contribution is 0.0395. The molecule has 0 aliphatic carbocycles. The van der Waals surface area contributed by atoms with Crippen LogP contribution in [0.15, 0.2) is 59.3 Å². The number of halogens is 1. The molecule has 1 fully saturated rings. The molecule has 3 aromatic rings. The Bertz CT molecular complexity index is 886. The smallest absolute Gasteiger partial charge is 0.161 e. The molecule has 0 unspecified atom stereocenters. The highest BCUT2D eigenvalue weighted by atomic mass is 79.9. The third-order valence-corrected chi connectivity index (χ3v) is 4.94. The van der Waals surface area contributed by atoms with Crippen LogP contribution in [0.1, 0.15) is 17.4 Å². The fraction of sp³-hybridized carbons (Fsp3) is 0.250. The molecule has 0 N–H and O–H groups in total. The minimum Gasteiger partial charge on any atom is -0.370 e. The predicted molar refractivity (Wildman–Crippen MR) is 105 cm³/mol. The van der Waals surface area contributed by atoms with Crippen LogP contribution in [0.25, 0.3) is 11.4 Å². The van der Waals surface area contributed by atoms with Gasteiger partial charge in [-0.15, -0.1) is 0 Å². The van der Waals surface area contributed by atoms with E-state index in [1.807, 2.05) is 37.3 Å². The molecule has 1 aromatic carbocycles. The van der Waals surface area contributed by atoms with Crippen LogP contribution in [0.2, 0.25) is 0 Å². The van der Waals surface area contributed by atoms with E-state index in [4.69, 9.17) is 9.72 Å². The quantitative estimate of drug-likeness (QED) is 0.647. The summed E-state index contributed by atoms with van der Waals surface area (Å²) in [5.74, 6) is 1.67. The summed E-state index contributed by atoms with van der Waals surface area (Å²) in [5, 5.41) is 0. The Morgan fingerprint density at radius 2 is 1.85 bits per heavy atom. The van der Waals surface area contributed by atoms with E-state index in [2.05, 4.69) is 42.9 Å². The van der Waals surface area contributed by atoms with E-state index in [1.54, 1.807) is 12.4 Å². The fourth-order valence-electron chi connectivity index (χ4n) is 3.08. The van der Waals surface area contributed by atoms with Crippen molar-refractivity contribution < 1.29 is 4.74 Å². The van der Waals surface area contributed by atoms with Crippen LogP contribution >= 0.6 is 15.9 Å². The van der Waals surface area contributed by atoms with E-state index in [-0.39, 0.29) is 6.10 Å². The van der Waals surface area contributed by atoms with E-state index >= 15 is 0 Å². The van der Waals surface area contributed by atoms with Gasteiger partial charge in [0.05, 0.1) is 6.61 Å². The molecule has 132 valence electrons. The Kier molecular flexibility index (Phi) is 4.95. The first kappa shape index (κ1) is 17.1. The molecule has 0 radical (unpaired) electrons. The number of nitrogens with zero attached hydrogens (tertiary/aromatic N) is 4. The van der Waals surface area contributed by atoms with Gasteiger partial charge in [0.15, 0.2) is 5.82 Å². The number of benzene rings is 1. The third-order valence-electron chi connectivity index (χ3n) is 4.41. The molecule has 6 heteroatoms. The maximum atomic E-state index is 5.99. The highest BCUT2D eigenvalue weighted by molar-refractivity contribution is 9.10. The van der Waals surface area contributed by atoms with E-state index in [0.717, 1.165) is 40.5 Å². The number of hydrogen-bond acceptors (Lipinski definition) is 5. The van der Waals surface area contributed by atoms with Gasteiger partial charge in [0.1, 0.15) is 11.9 Å². The van der Waals surface area contributed by atoms with Crippen LogP contribution in [-0.4, -0.2) is 34.6 Å². The molecule has 0 bridgehead atoms. The molecule has 1 saturated heterocycles. The largest absolute Gasteiger partial charge is 0.370 e. The molecule has 1 aliphatic rings. The Balaban J connectivity index is 1.60. The minimum atomic E-state index is 0.0384. The lowest BCUT2D eigenvalue weighted by Gasteiger charge is -2.34. The van der Waals surface area contributed by atoms with Crippen LogP contribution in [0.5, 0.6) is 0 Å². The van der Waals surface area contributed by atoms with Crippen molar-refractivity contribution >= 4 is 21.7 Å². The highest BCUT2D eigenvalue weighted by Gasteiger charge is 2.23. The molecule has 2 aromatic heterocycles. The van der Waals surface area contributed by atoms with Crippen LogP contribution in [0.3, 0.4) is 0 Å². The second-order valence-electron chi connectivity index (χ2n) is 6.28. The summed E-state index contributed by atoms with van der Waals surface area (Å²) in [6.07, 6.45) is 3.56. The molecule has 1 aliphatic heterocycles. The molecule has 26 heavy (non-hydrogen) atoms. The topological polar surface area (TPSA) is 51.1 Å². The number of rotatable bonds is 3. The Hall–Kier alpha value is -2.31. The van der Waals surface area contributed by atoms with Crippen molar-refractivity contribution in [3.63, 3.8) is 0 Å². The zero-order valence-electron chi connectivity index (χ0n) is 14.5. The maximum absolute atomic E-state index is 5.99. The van der Waals surface area contributed by atoms with Crippen molar-refractivity contribution in [3.05, 3.63) is 70.6 Å². The molecule has 0 spiro atoms. The molecule has 4 rings (SSSR count). The van der Waals surface area contributed by atoms with Gasteiger partial charge in [0.2, 0.25) is 0 Å². The molecule has 1 atom stereocenters. The number of aryl methyl sites for hydroxylation is 1. The van der Waals surface area contributed by atoms with Crippen molar-refractivity contribution in [2.45, 2.75) is 13.0 Å². The van der Waals surface area contributed by atoms with Crippen LogP contribution < -0.4 is 4.90 Å². The van der Waals surface area contributed by atoms with Gasteiger partial charge in [-0.3, -0.25) is 4.98 Å². The van der Waals surface area contributed by atoms with Crippen LogP contribution in [0.4, 0.5) is 5.82 Å². The average molecular weight is 411 g/mol. The molecular formula is C20H19BrN4O. The predicted octanol–water partition coefficient (Wildman–Crippen LogP) is 4.19. The number of aromatic nitrogens is 3. The summed E-state index contributed by atoms with van der Waals surface area (Å²) < 4.78 is 7.06. The van der Waals surface area contributed by atoms with Gasteiger partial charge < -0.3 is 9.64 Å². The second kappa shape index (κ2) is 7.51. The van der Waals surface area contributed by atoms with Crippen molar-refractivity contribution in [1.82, 2.24) is 15.0 Å². The van der Waals surface area contributed by atoms with Gasteiger partial charge in [0.25, 0.3) is 0 Å². The monoisotopic (exact) mass is 410 g/mol. The van der Waals surface area contributed by atoms with E-state index in [0.29, 0.717) is 6.61 Å². The third kappa shape index (κ3) is 3.76. The first-order valence-corrected chi connectivity index (χ1v) is 9.36. The summed E-state index contributed by atoms with van der Waals surface area (Å²) in [7, 11) is 0. The molecule has 5 nitrogen and oxygen atoms in total. The highest BCUT2D eigenvalue weighted by Crippen LogP contribution is 2.27. The zero-order valence-corrected chi connectivity index (χ0v) is 16.1. The standard InChI is InChI=1S/C20H19BrN4O/c1-14-12-19(24-20(23-14)16-6-8-22-9-7-16)25-10-11-26-18(13-25)15-2-4-17(21)5-3-15/h2-9,12,18H,10-11,13H2,1H3/t18-/m1/s1. The summed E-state index contributed by atoms with van der Waals surface area (Å²) in [4.78, 5) is 15.7. The minimum absolute atomic E-state index is 0.0384. The summed E-state index contributed by atoms with van der Waals surface area (Å²) >= 11 is 3.48. The SMILES string of the molecule is Cc1cc(N2CCO[C@@H](c3ccc(Br)cc3)C2)nc(-c2ccncc2)n1. The molecule has 3 heterocycles. The fourth-order valence-corrected chi connectivity index (χ4v) is 3.34. The van der Waals surface area contributed by atoms with E-state index in [1.165, 1.54) is 5.56 Å². The van der Waals surface area contributed by atoms with Gasteiger partial charge in [0, 0.05) is 47.3 Å². The van der Waals surface area contributed by atoms with Gasteiger partial charge in [-0.05, 0) is 36.8 Å². The van der Waals surface area contributed by atoms with Gasteiger partial charge in [-0.25, -0.2) is 9.97 Å². The maximum Gasteiger partial charge on any atom is 0.161 e.